The first-order chi connectivity index (χ1) is 18.5. The highest BCUT2D eigenvalue weighted by Crippen LogP contribution is 2.60. The summed E-state index contributed by atoms with van der Waals surface area (Å²) in [5.74, 6) is 0.869. The molecule has 3 fully saturated rings. The van der Waals surface area contributed by atoms with E-state index in [0.717, 1.165) is 63.7 Å². The molecule has 7 nitrogen and oxygen atoms in total. The highest BCUT2D eigenvalue weighted by atomic mass is 16.4. The van der Waals surface area contributed by atoms with Gasteiger partial charge in [0.25, 0.3) is 17.9 Å². The molecule has 3 aliphatic carbocycles. The van der Waals surface area contributed by atoms with Crippen molar-refractivity contribution >= 4 is 17.9 Å². The van der Waals surface area contributed by atoms with E-state index in [9.17, 15) is 5.11 Å². The zero-order valence-corrected chi connectivity index (χ0v) is 26.0. The fraction of sp³-hybridized carbons (Fsp3) is 0.727. The lowest BCUT2D eigenvalue weighted by molar-refractivity contribution is -0.135. The van der Waals surface area contributed by atoms with Gasteiger partial charge >= 0.3 is 0 Å². The molecule has 0 aromatic heterocycles. The third-order valence-electron chi connectivity index (χ3n) is 8.35. The topological polar surface area (TPSA) is 132 Å². The van der Waals surface area contributed by atoms with E-state index in [-0.39, 0.29) is 6.10 Å². The molecule has 3 saturated carbocycles. The first-order valence-electron chi connectivity index (χ1n) is 14.9. The van der Waals surface area contributed by atoms with Gasteiger partial charge in [-0.2, -0.15) is 0 Å². The molecule has 0 saturated heterocycles. The molecular weight excluding hydrogens is 508 g/mol. The van der Waals surface area contributed by atoms with Gasteiger partial charge in [0.05, 0.1) is 6.10 Å². The van der Waals surface area contributed by atoms with E-state index < -0.39 is 17.9 Å². The lowest BCUT2D eigenvalue weighted by Gasteiger charge is -2.44. The quantitative estimate of drug-likeness (QED) is 0.258. The Labute approximate surface area is 242 Å². The minimum Gasteiger partial charge on any atom is -0.481 e. The number of aliphatic hydroxyl groups is 1. The van der Waals surface area contributed by atoms with Crippen LogP contribution in [-0.4, -0.2) is 44.4 Å². The summed E-state index contributed by atoms with van der Waals surface area (Å²) in [5.41, 5.74) is 4.72. The average Bonchev–Trinajstić information content (AvgIpc) is 3.16. The largest absolute Gasteiger partial charge is 0.481 e. The van der Waals surface area contributed by atoms with Crippen LogP contribution in [0.2, 0.25) is 0 Å². The predicted octanol–water partition coefficient (Wildman–Crippen LogP) is 7.89. The summed E-state index contributed by atoms with van der Waals surface area (Å²) in [7, 11) is 0. The summed E-state index contributed by atoms with van der Waals surface area (Å²) in [5, 5.41) is 32.3. The van der Waals surface area contributed by atoms with Crippen molar-refractivity contribution in [2.24, 2.45) is 29.1 Å². The van der Waals surface area contributed by atoms with Crippen LogP contribution >= 0.6 is 0 Å². The maximum Gasteiger partial charge on any atom is 0.300 e. The fourth-order valence-corrected chi connectivity index (χ4v) is 6.66. The Hall–Kier alpha value is -2.41. The average molecular weight is 565 g/mol. The summed E-state index contributed by atoms with van der Waals surface area (Å²) in [6, 6.07) is 0. The van der Waals surface area contributed by atoms with Gasteiger partial charge in [0.15, 0.2) is 0 Å². The van der Waals surface area contributed by atoms with Gasteiger partial charge in [-0.05, 0) is 86.0 Å². The highest BCUT2D eigenvalue weighted by Gasteiger charge is 2.50. The van der Waals surface area contributed by atoms with Crippen molar-refractivity contribution in [3.05, 3.63) is 35.5 Å². The van der Waals surface area contributed by atoms with E-state index in [0.29, 0.717) is 5.41 Å². The molecule has 0 unspecified atom stereocenters. The lowest BCUT2D eigenvalue weighted by Crippen LogP contribution is -2.36. The van der Waals surface area contributed by atoms with Gasteiger partial charge in [-0.25, -0.2) is 0 Å². The van der Waals surface area contributed by atoms with Crippen LogP contribution in [0.1, 0.15) is 119 Å². The van der Waals surface area contributed by atoms with Gasteiger partial charge in [-0.1, -0.05) is 76.8 Å². The Bertz CT molecular complexity index is 845. The Morgan fingerprint density at radius 1 is 0.925 bits per heavy atom. The second-order valence-electron chi connectivity index (χ2n) is 12.4. The van der Waals surface area contributed by atoms with Crippen molar-refractivity contribution in [1.82, 2.24) is 0 Å². The zero-order valence-electron chi connectivity index (χ0n) is 26.0. The predicted molar refractivity (Wildman–Crippen MR) is 161 cm³/mol. The number of rotatable bonds is 6. The number of hydrogen-bond donors (Lipinski definition) is 4. The van der Waals surface area contributed by atoms with Crippen LogP contribution in [-0.2, 0) is 14.4 Å². The Kier molecular flexibility index (Phi) is 17.7. The highest BCUT2D eigenvalue weighted by molar-refractivity contribution is 5.63. The first-order valence-corrected chi connectivity index (χ1v) is 14.9. The Morgan fingerprint density at radius 2 is 1.48 bits per heavy atom. The van der Waals surface area contributed by atoms with Crippen molar-refractivity contribution in [2.45, 2.75) is 125 Å². The number of aliphatic carboxylic acids is 3. The maximum absolute atomic E-state index is 10.0. The maximum atomic E-state index is 10.0. The summed E-state index contributed by atoms with van der Waals surface area (Å²) >= 11 is 0. The molecule has 230 valence electrons. The molecule has 3 rings (SSSR count). The van der Waals surface area contributed by atoms with Crippen molar-refractivity contribution in [2.75, 3.05) is 0 Å². The van der Waals surface area contributed by atoms with Gasteiger partial charge < -0.3 is 20.4 Å². The molecule has 0 radical (unpaired) electrons. The number of carboxylic acid groups (broad SMARTS) is 3. The van der Waals surface area contributed by atoms with Crippen molar-refractivity contribution < 1.29 is 34.8 Å². The molecule has 4 N–H and O–H groups in total. The van der Waals surface area contributed by atoms with Crippen LogP contribution in [0.15, 0.2) is 35.5 Å². The van der Waals surface area contributed by atoms with Gasteiger partial charge in [0.2, 0.25) is 0 Å². The molecule has 0 aliphatic heterocycles. The first kappa shape index (κ1) is 37.6. The third-order valence-corrected chi connectivity index (χ3v) is 8.35. The van der Waals surface area contributed by atoms with E-state index in [1.807, 2.05) is 0 Å². The van der Waals surface area contributed by atoms with Gasteiger partial charge in [-0.15, -0.1) is 0 Å². The molecule has 40 heavy (non-hydrogen) atoms. The lowest BCUT2D eigenvalue weighted by atomic mass is 9.60. The van der Waals surface area contributed by atoms with Gasteiger partial charge in [0, 0.05) is 20.8 Å². The normalized spacial score (nSPS) is 28.2. The Morgan fingerprint density at radius 3 is 2.00 bits per heavy atom. The fourth-order valence-electron chi connectivity index (χ4n) is 6.66. The van der Waals surface area contributed by atoms with Crippen molar-refractivity contribution in [3.63, 3.8) is 0 Å². The molecule has 3 aliphatic rings. The zero-order chi connectivity index (χ0) is 31.0. The molecule has 7 heteroatoms. The number of carboxylic acids is 3. The molecule has 0 aromatic rings. The van der Waals surface area contributed by atoms with Crippen LogP contribution in [0, 0.1) is 29.1 Å². The second kappa shape index (κ2) is 18.8. The number of hydrogen-bond acceptors (Lipinski definition) is 4. The summed E-state index contributed by atoms with van der Waals surface area (Å²) in [4.78, 5) is 27.0. The molecule has 0 aromatic carbocycles. The smallest absolute Gasteiger partial charge is 0.300 e. The van der Waals surface area contributed by atoms with Crippen LogP contribution in [0.5, 0.6) is 0 Å². The van der Waals surface area contributed by atoms with Crippen LogP contribution in [0.4, 0.5) is 0 Å². The van der Waals surface area contributed by atoms with E-state index in [1.165, 1.54) is 62.5 Å². The van der Waals surface area contributed by atoms with Gasteiger partial charge in [-0.3, -0.25) is 14.4 Å². The number of allylic oxidation sites excluding steroid dienone is 4. The molecule has 0 heterocycles. The Balaban J connectivity index is 0.00000107. The summed E-state index contributed by atoms with van der Waals surface area (Å²) in [6.45, 7) is 17.3. The van der Waals surface area contributed by atoms with Gasteiger partial charge in [0.1, 0.15) is 0 Å². The minimum atomic E-state index is -0.833. The van der Waals surface area contributed by atoms with E-state index in [4.69, 9.17) is 29.7 Å². The summed E-state index contributed by atoms with van der Waals surface area (Å²) < 4.78 is 0. The molecular formula is C33H56O7. The van der Waals surface area contributed by atoms with Crippen LogP contribution in [0.3, 0.4) is 0 Å². The molecule has 0 spiro atoms. The van der Waals surface area contributed by atoms with E-state index >= 15 is 0 Å². The van der Waals surface area contributed by atoms with Crippen LogP contribution in [0.25, 0.3) is 0 Å². The summed E-state index contributed by atoms with van der Waals surface area (Å²) in [6.07, 6.45) is 18.2. The number of fused-ring (bicyclic) bond motifs is 1. The number of aliphatic hydroxyl groups excluding tert-OH is 1. The SMILES string of the molecule is C=C1CC[C@H](O)CC1=CC=C1CCC[C@]2(C)[C@@H]([C@H](C)CCCC(C)C)CC[C@@H]12.CC(=O)O.CC(=O)O.CC(=O)O. The van der Waals surface area contributed by atoms with Crippen molar-refractivity contribution in [1.29, 1.82) is 0 Å². The standard InChI is InChI=1S/C27H44O.3C2H4O2/c1-19(2)8-6-9-21(4)25-15-16-26-22(10-7-17-27(25,26)5)12-13-23-18-24(28)14-11-20(23)3;3*1-2(3)4/h12-13,19,21,24-26,28H,3,6-11,14-18H2,1-2,4-5H3;3*1H3,(H,3,4)/t21-,24+,25-,26+,27-;;;/m1.../s1. The van der Waals surface area contributed by atoms with E-state index in [2.05, 4.69) is 46.4 Å². The second-order valence-corrected chi connectivity index (χ2v) is 12.4. The molecule has 5 atom stereocenters. The third kappa shape index (κ3) is 14.8. The van der Waals surface area contributed by atoms with Crippen LogP contribution < -0.4 is 0 Å². The van der Waals surface area contributed by atoms with E-state index in [1.54, 1.807) is 5.57 Å². The molecule has 0 bridgehead atoms. The number of carbonyl (C=O) groups is 3. The minimum absolute atomic E-state index is 0.172. The molecule has 0 amide bonds. The van der Waals surface area contributed by atoms with Crippen molar-refractivity contribution in [3.8, 4) is 0 Å². The monoisotopic (exact) mass is 564 g/mol.